The van der Waals surface area contributed by atoms with Gasteiger partial charge in [0.2, 0.25) is 0 Å². The zero-order valence-electron chi connectivity index (χ0n) is 13.4. The Kier molecular flexibility index (Phi) is 5.17. The van der Waals surface area contributed by atoms with Crippen LogP contribution in [0.15, 0.2) is 42.5 Å². The Morgan fingerprint density at radius 3 is 2.46 bits per heavy atom. The van der Waals surface area contributed by atoms with Crippen LogP contribution in [0.5, 0.6) is 0 Å². The van der Waals surface area contributed by atoms with E-state index in [1.165, 1.54) is 0 Å². The topological polar surface area (TPSA) is 35.6 Å². The standard InChI is InChI=1S/C18H19Cl2N3O/c1-13-6-7-14(19)12-16(13)21-18(24)23-10-8-22(9-11-23)17-5-3-2-4-15(17)20/h2-7,12H,8-11H2,1H3,(H,21,24). The van der Waals surface area contributed by atoms with Crippen molar-refractivity contribution in [1.82, 2.24) is 4.90 Å². The summed E-state index contributed by atoms with van der Waals surface area (Å²) in [5.41, 5.74) is 2.76. The number of hydrogen-bond donors (Lipinski definition) is 1. The third-order valence-electron chi connectivity index (χ3n) is 4.20. The van der Waals surface area contributed by atoms with E-state index in [1.54, 1.807) is 6.07 Å². The van der Waals surface area contributed by atoms with Gasteiger partial charge in [-0.15, -0.1) is 0 Å². The summed E-state index contributed by atoms with van der Waals surface area (Å²) in [5.74, 6) is 0. The zero-order valence-corrected chi connectivity index (χ0v) is 14.9. The Bertz CT molecular complexity index is 743. The van der Waals surface area contributed by atoms with E-state index < -0.39 is 0 Å². The molecule has 1 heterocycles. The zero-order chi connectivity index (χ0) is 17.1. The molecule has 0 saturated carbocycles. The van der Waals surface area contributed by atoms with E-state index in [2.05, 4.69) is 10.2 Å². The molecule has 0 bridgehead atoms. The lowest BCUT2D eigenvalue weighted by atomic mass is 10.2. The monoisotopic (exact) mass is 363 g/mol. The Morgan fingerprint density at radius 2 is 1.75 bits per heavy atom. The molecule has 126 valence electrons. The van der Waals surface area contributed by atoms with Crippen LogP contribution in [-0.2, 0) is 0 Å². The molecule has 4 nitrogen and oxygen atoms in total. The smallest absolute Gasteiger partial charge is 0.321 e. The van der Waals surface area contributed by atoms with E-state index in [1.807, 2.05) is 48.2 Å². The molecule has 0 aliphatic carbocycles. The lowest BCUT2D eigenvalue weighted by Gasteiger charge is -2.36. The van der Waals surface area contributed by atoms with Crippen LogP contribution in [0.3, 0.4) is 0 Å². The number of carbonyl (C=O) groups excluding carboxylic acids is 1. The molecule has 6 heteroatoms. The van der Waals surface area contributed by atoms with Crippen molar-refractivity contribution in [1.29, 1.82) is 0 Å². The SMILES string of the molecule is Cc1ccc(Cl)cc1NC(=O)N1CCN(c2ccccc2Cl)CC1. The van der Waals surface area contributed by atoms with Gasteiger partial charge in [-0.2, -0.15) is 0 Å². The second-order valence-electron chi connectivity index (χ2n) is 5.81. The van der Waals surface area contributed by atoms with Crippen molar-refractivity contribution in [2.45, 2.75) is 6.92 Å². The number of para-hydroxylation sites is 1. The molecule has 1 saturated heterocycles. The van der Waals surface area contributed by atoms with Gasteiger partial charge in [0.05, 0.1) is 10.7 Å². The van der Waals surface area contributed by atoms with E-state index in [9.17, 15) is 4.79 Å². The fourth-order valence-corrected chi connectivity index (χ4v) is 3.21. The van der Waals surface area contributed by atoms with E-state index in [-0.39, 0.29) is 6.03 Å². The van der Waals surface area contributed by atoms with Crippen LogP contribution in [0.2, 0.25) is 10.0 Å². The van der Waals surface area contributed by atoms with Gasteiger partial charge >= 0.3 is 6.03 Å². The summed E-state index contributed by atoms with van der Waals surface area (Å²) in [4.78, 5) is 16.5. The Morgan fingerprint density at radius 1 is 1.04 bits per heavy atom. The summed E-state index contributed by atoms with van der Waals surface area (Å²) in [6.07, 6.45) is 0. The van der Waals surface area contributed by atoms with Crippen LogP contribution in [0.25, 0.3) is 0 Å². The molecule has 0 spiro atoms. The molecule has 3 rings (SSSR count). The third kappa shape index (κ3) is 3.77. The minimum absolute atomic E-state index is 0.0980. The number of piperazine rings is 1. The molecular formula is C18H19Cl2N3O. The quantitative estimate of drug-likeness (QED) is 0.842. The molecule has 0 radical (unpaired) electrons. The summed E-state index contributed by atoms with van der Waals surface area (Å²) >= 11 is 12.3. The summed E-state index contributed by atoms with van der Waals surface area (Å²) in [6.45, 7) is 4.76. The summed E-state index contributed by atoms with van der Waals surface area (Å²) in [7, 11) is 0. The van der Waals surface area contributed by atoms with Crippen LogP contribution in [0.4, 0.5) is 16.2 Å². The van der Waals surface area contributed by atoms with Gasteiger partial charge in [0, 0.05) is 36.9 Å². The maximum atomic E-state index is 12.5. The Balaban J connectivity index is 1.61. The maximum absolute atomic E-state index is 12.5. The molecule has 1 aliphatic heterocycles. The number of carbonyl (C=O) groups is 1. The van der Waals surface area contributed by atoms with Crippen molar-refractivity contribution in [2.75, 3.05) is 36.4 Å². The Labute approximate surface area is 152 Å². The fraction of sp³-hybridized carbons (Fsp3) is 0.278. The highest BCUT2D eigenvalue weighted by Crippen LogP contribution is 2.26. The van der Waals surface area contributed by atoms with Crippen molar-refractivity contribution in [3.8, 4) is 0 Å². The highest BCUT2D eigenvalue weighted by Gasteiger charge is 2.22. The van der Waals surface area contributed by atoms with Crippen LogP contribution in [-0.4, -0.2) is 37.1 Å². The minimum atomic E-state index is -0.0980. The first-order valence-electron chi connectivity index (χ1n) is 7.86. The average Bonchev–Trinajstić information content (AvgIpc) is 2.59. The number of halogens is 2. The molecule has 0 atom stereocenters. The van der Waals surface area contributed by atoms with E-state index >= 15 is 0 Å². The Hall–Kier alpha value is -1.91. The summed E-state index contributed by atoms with van der Waals surface area (Å²) in [6, 6.07) is 13.2. The fourth-order valence-electron chi connectivity index (χ4n) is 2.78. The van der Waals surface area contributed by atoms with Crippen molar-refractivity contribution in [2.24, 2.45) is 0 Å². The van der Waals surface area contributed by atoms with Crippen LogP contribution in [0, 0.1) is 6.92 Å². The third-order valence-corrected chi connectivity index (χ3v) is 4.76. The molecule has 0 aromatic heterocycles. The highest BCUT2D eigenvalue weighted by atomic mass is 35.5. The second kappa shape index (κ2) is 7.32. The van der Waals surface area contributed by atoms with E-state index in [4.69, 9.17) is 23.2 Å². The van der Waals surface area contributed by atoms with Gasteiger partial charge in [0.1, 0.15) is 0 Å². The van der Waals surface area contributed by atoms with Crippen molar-refractivity contribution >= 4 is 40.6 Å². The molecule has 2 aromatic rings. The average molecular weight is 364 g/mol. The number of nitrogens with one attached hydrogen (secondary N) is 1. The number of amides is 2. The second-order valence-corrected chi connectivity index (χ2v) is 6.66. The van der Waals surface area contributed by atoms with Gasteiger partial charge in [0.25, 0.3) is 0 Å². The van der Waals surface area contributed by atoms with Gasteiger partial charge in [-0.1, -0.05) is 41.4 Å². The van der Waals surface area contributed by atoms with Crippen LogP contribution >= 0.6 is 23.2 Å². The van der Waals surface area contributed by atoms with Gasteiger partial charge in [-0.25, -0.2) is 4.79 Å². The molecule has 24 heavy (non-hydrogen) atoms. The predicted octanol–water partition coefficient (Wildman–Crippen LogP) is 4.66. The number of aryl methyl sites for hydroxylation is 1. The lowest BCUT2D eigenvalue weighted by Crippen LogP contribution is -2.50. The van der Waals surface area contributed by atoms with Crippen molar-refractivity contribution < 1.29 is 4.79 Å². The van der Waals surface area contributed by atoms with Crippen LogP contribution < -0.4 is 10.2 Å². The molecule has 2 aromatic carbocycles. The van der Waals surface area contributed by atoms with E-state index in [0.717, 1.165) is 35.1 Å². The maximum Gasteiger partial charge on any atom is 0.321 e. The van der Waals surface area contributed by atoms with Crippen LogP contribution in [0.1, 0.15) is 5.56 Å². The largest absolute Gasteiger partial charge is 0.367 e. The molecule has 1 fully saturated rings. The minimum Gasteiger partial charge on any atom is -0.367 e. The molecule has 1 aliphatic rings. The van der Waals surface area contributed by atoms with Gasteiger partial charge in [-0.05, 0) is 36.8 Å². The number of anilines is 2. The first-order valence-corrected chi connectivity index (χ1v) is 8.62. The number of nitrogens with zero attached hydrogens (tertiary/aromatic N) is 2. The highest BCUT2D eigenvalue weighted by molar-refractivity contribution is 6.33. The summed E-state index contributed by atoms with van der Waals surface area (Å²) < 4.78 is 0. The summed E-state index contributed by atoms with van der Waals surface area (Å²) in [5, 5.41) is 4.30. The first kappa shape index (κ1) is 16.9. The van der Waals surface area contributed by atoms with Gasteiger partial charge in [-0.3, -0.25) is 0 Å². The number of hydrogen-bond acceptors (Lipinski definition) is 2. The van der Waals surface area contributed by atoms with Crippen molar-refractivity contribution in [3.05, 3.63) is 58.1 Å². The lowest BCUT2D eigenvalue weighted by molar-refractivity contribution is 0.208. The number of benzene rings is 2. The normalized spacial score (nSPS) is 14.6. The number of rotatable bonds is 2. The van der Waals surface area contributed by atoms with E-state index in [0.29, 0.717) is 18.1 Å². The molecule has 0 unspecified atom stereocenters. The predicted molar refractivity (Wildman–Crippen MR) is 100 cm³/mol. The first-order chi connectivity index (χ1) is 11.5. The molecule has 2 amide bonds. The number of urea groups is 1. The molecular weight excluding hydrogens is 345 g/mol. The molecule has 1 N–H and O–H groups in total. The van der Waals surface area contributed by atoms with Gasteiger partial charge in [0.15, 0.2) is 0 Å². The van der Waals surface area contributed by atoms with Crippen molar-refractivity contribution in [3.63, 3.8) is 0 Å². The van der Waals surface area contributed by atoms with Gasteiger partial charge < -0.3 is 15.1 Å².